The highest BCUT2D eigenvalue weighted by atomic mass is 35.5. The largest absolute Gasteiger partial charge is 0.319 e. The molecule has 0 aliphatic rings. The minimum absolute atomic E-state index is 0. The Labute approximate surface area is 218 Å². The van der Waals surface area contributed by atoms with Crippen molar-refractivity contribution in [1.82, 2.24) is 19.5 Å². The number of nitrogens with zero attached hydrogens (tertiary/aromatic N) is 4. The number of nitrogens with one attached hydrogen (secondary N) is 1. The van der Waals surface area contributed by atoms with E-state index in [1.54, 1.807) is 47.4 Å². The van der Waals surface area contributed by atoms with Crippen LogP contribution in [0.25, 0.3) is 28.0 Å². The average Bonchev–Trinajstić information content (AvgIpc) is 2.90. The number of aromatic nitrogens is 4. The van der Waals surface area contributed by atoms with Gasteiger partial charge in [0.15, 0.2) is 5.65 Å². The van der Waals surface area contributed by atoms with Crippen molar-refractivity contribution in [2.24, 2.45) is 0 Å². The molecular formula is C28H22ClN5O3. The van der Waals surface area contributed by atoms with Crippen LogP contribution in [0.2, 0.25) is 0 Å². The molecule has 2 aromatic carbocycles. The number of fused-ring (bicyclic) bond motifs is 1. The minimum atomic E-state index is -0.678. The van der Waals surface area contributed by atoms with Gasteiger partial charge in [-0.25, -0.2) is 9.97 Å². The molecule has 0 aliphatic heterocycles. The fourth-order valence-corrected chi connectivity index (χ4v) is 3.94. The SMILES string of the molecule is CC(=O)C(=O)Nc1cccc(-c2cccc(-n3c(=O)c(Cc4cccnc4)nc4cccnc43)c2)c1.Cl. The van der Waals surface area contributed by atoms with E-state index in [-0.39, 0.29) is 18.0 Å². The van der Waals surface area contributed by atoms with Crippen LogP contribution in [0.1, 0.15) is 18.2 Å². The van der Waals surface area contributed by atoms with E-state index in [0.29, 0.717) is 34.7 Å². The third-order valence-electron chi connectivity index (χ3n) is 5.66. The monoisotopic (exact) mass is 511 g/mol. The smallest absolute Gasteiger partial charge is 0.291 e. The first-order valence-corrected chi connectivity index (χ1v) is 11.3. The Morgan fingerprint density at radius 2 is 1.68 bits per heavy atom. The van der Waals surface area contributed by atoms with Crippen LogP contribution in [-0.4, -0.2) is 31.2 Å². The summed E-state index contributed by atoms with van der Waals surface area (Å²) in [6.07, 6.45) is 5.38. The summed E-state index contributed by atoms with van der Waals surface area (Å²) < 4.78 is 1.57. The van der Waals surface area contributed by atoms with Crippen molar-refractivity contribution in [3.8, 4) is 16.8 Å². The van der Waals surface area contributed by atoms with E-state index in [2.05, 4.69) is 20.3 Å². The Morgan fingerprint density at radius 3 is 2.43 bits per heavy atom. The average molecular weight is 512 g/mol. The van der Waals surface area contributed by atoms with Crippen LogP contribution >= 0.6 is 12.4 Å². The lowest BCUT2D eigenvalue weighted by atomic mass is 10.0. The number of rotatable bonds is 6. The van der Waals surface area contributed by atoms with Crippen LogP contribution < -0.4 is 10.9 Å². The predicted octanol–water partition coefficient (Wildman–Crippen LogP) is 4.38. The van der Waals surface area contributed by atoms with Crippen LogP contribution in [0.4, 0.5) is 5.69 Å². The van der Waals surface area contributed by atoms with Gasteiger partial charge in [-0.1, -0.05) is 30.3 Å². The van der Waals surface area contributed by atoms with E-state index < -0.39 is 11.7 Å². The van der Waals surface area contributed by atoms with Crippen LogP contribution in [0.5, 0.6) is 0 Å². The van der Waals surface area contributed by atoms with E-state index in [9.17, 15) is 14.4 Å². The van der Waals surface area contributed by atoms with Crippen molar-refractivity contribution in [2.45, 2.75) is 13.3 Å². The number of ketones is 1. The lowest BCUT2D eigenvalue weighted by Gasteiger charge is -2.13. The number of carbonyl (C=O) groups excluding carboxylic acids is 2. The van der Waals surface area contributed by atoms with Crippen molar-refractivity contribution in [3.63, 3.8) is 0 Å². The van der Waals surface area contributed by atoms with Crippen LogP contribution in [0, 0.1) is 0 Å². The summed E-state index contributed by atoms with van der Waals surface area (Å²) in [5.41, 5.74) is 4.86. The van der Waals surface area contributed by atoms with Gasteiger partial charge in [-0.2, -0.15) is 0 Å². The highest BCUT2D eigenvalue weighted by Gasteiger charge is 2.15. The van der Waals surface area contributed by atoms with Gasteiger partial charge < -0.3 is 5.32 Å². The molecule has 0 saturated heterocycles. The molecule has 0 atom stereocenters. The van der Waals surface area contributed by atoms with Crippen molar-refractivity contribution >= 4 is 40.9 Å². The number of carbonyl (C=O) groups is 2. The maximum absolute atomic E-state index is 13.6. The van der Waals surface area contributed by atoms with Crippen LogP contribution in [-0.2, 0) is 16.0 Å². The van der Waals surface area contributed by atoms with Crippen molar-refractivity contribution in [2.75, 3.05) is 5.32 Å². The number of halogens is 1. The second-order valence-electron chi connectivity index (χ2n) is 8.22. The van der Waals surface area contributed by atoms with Gasteiger partial charge in [0.25, 0.3) is 11.5 Å². The zero-order valence-corrected chi connectivity index (χ0v) is 20.6. The molecule has 0 fully saturated rings. The van der Waals surface area contributed by atoms with Gasteiger partial charge in [-0.15, -0.1) is 12.4 Å². The van der Waals surface area contributed by atoms with Crippen molar-refractivity contribution in [1.29, 1.82) is 0 Å². The Bertz CT molecular complexity index is 1670. The highest BCUT2D eigenvalue weighted by Crippen LogP contribution is 2.25. The van der Waals surface area contributed by atoms with Crippen LogP contribution in [0.3, 0.4) is 0 Å². The lowest BCUT2D eigenvalue weighted by Crippen LogP contribution is -2.25. The molecule has 37 heavy (non-hydrogen) atoms. The molecule has 1 N–H and O–H groups in total. The summed E-state index contributed by atoms with van der Waals surface area (Å²) in [5, 5.41) is 2.59. The van der Waals surface area contributed by atoms with Gasteiger partial charge in [0.2, 0.25) is 5.78 Å². The van der Waals surface area contributed by atoms with Gasteiger partial charge in [0.05, 0.1) is 5.69 Å². The molecule has 8 nitrogen and oxygen atoms in total. The predicted molar refractivity (Wildman–Crippen MR) is 144 cm³/mol. The number of benzene rings is 2. The summed E-state index contributed by atoms with van der Waals surface area (Å²) >= 11 is 0. The number of anilines is 1. The Morgan fingerprint density at radius 1 is 0.919 bits per heavy atom. The first-order valence-electron chi connectivity index (χ1n) is 11.3. The Kier molecular flexibility index (Phi) is 7.50. The molecule has 0 aliphatic carbocycles. The van der Waals surface area contributed by atoms with E-state index >= 15 is 0 Å². The van der Waals surface area contributed by atoms with E-state index in [1.807, 2.05) is 48.5 Å². The molecular weight excluding hydrogens is 490 g/mol. The lowest BCUT2D eigenvalue weighted by molar-refractivity contribution is -0.133. The third-order valence-corrected chi connectivity index (χ3v) is 5.66. The van der Waals surface area contributed by atoms with Gasteiger partial charge >= 0.3 is 0 Å². The second kappa shape index (κ2) is 10.9. The maximum Gasteiger partial charge on any atom is 0.291 e. The second-order valence-corrected chi connectivity index (χ2v) is 8.22. The summed E-state index contributed by atoms with van der Waals surface area (Å²) in [6, 6.07) is 22.0. The highest BCUT2D eigenvalue weighted by molar-refractivity contribution is 6.39. The molecule has 9 heteroatoms. The van der Waals surface area contributed by atoms with Gasteiger partial charge in [0.1, 0.15) is 11.2 Å². The standard InChI is InChI=1S/C28H21N5O3.ClH/c1-18(34)27(35)31-22-9-2-7-20(15-22)21-8-3-10-23(16-21)33-26-24(11-5-13-30-26)32-25(28(33)36)14-19-6-4-12-29-17-19;/h2-13,15-17H,14H2,1H3,(H,31,35);1H. The van der Waals surface area contributed by atoms with Crippen molar-refractivity contribution in [3.05, 3.63) is 113 Å². The van der Waals surface area contributed by atoms with Gasteiger partial charge in [-0.05, 0) is 59.2 Å². The summed E-state index contributed by atoms with van der Waals surface area (Å²) in [4.78, 5) is 50.0. The minimum Gasteiger partial charge on any atom is -0.319 e. The quantitative estimate of drug-likeness (QED) is 0.339. The summed E-state index contributed by atoms with van der Waals surface area (Å²) in [6.45, 7) is 1.22. The first-order chi connectivity index (χ1) is 17.5. The molecule has 184 valence electrons. The van der Waals surface area contributed by atoms with Crippen molar-refractivity contribution < 1.29 is 9.59 Å². The fraction of sp³-hybridized carbons (Fsp3) is 0.0714. The fourth-order valence-electron chi connectivity index (χ4n) is 3.94. The molecule has 0 spiro atoms. The molecule has 0 saturated carbocycles. The topological polar surface area (TPSA) is 107 Å². The molecule has 0 radical (unpaired) electrons. The van der Waals surface area contributed by atoms with E-state index in [0.717, 1.165) is 16.7 Å². The number of amides is 1. The molecule has 5 rings (SSSR count). The number of hydrogen-bond acceptors (Lipinski definition) is 6. The molecule has 0 bridgehead atoms. The van der Waals surface area contributed by atoms with E-state index in [1.165, 1.54) is 6.92 Å². The normalized spacial score (nSPS) is 10.5. The zero-order chi connectivity index (χ0) is 25.1. The third kappa shape index (κ3) is 5.44. The number of Topliss-reactive ketones (excluding diaryl/α,β-unsaturated/α-hetero) is 1. The van der Waals surface area contributed by atoms with Gasteiger partial charge in [0, 0.05) is 37.6 Å². The zero-order valence-electron chi connectivity index (χ0n) is 19.8. The molecule has 5 aromatic rings. The maximum atomic E-state index is 13.6. The Balaban J connectivity index is 0.00000320. The summed E-state index contributed by atoms with van der Waals surface area (Å²) in [5.74, 6) is -1.25. The number of hydrogen-bond donors (Lipinski definition) is 1. The Hall–Kier alpha value is -4.69. The van der Waals surface area contributed by atoms with Gasteiger partial charge in [-0.3, -0.25) is 23.9 Å². The molecule has 0 unspecified atom stereocenters. The molecule has 3 aromatic heterocycles. The molecule has 3 heterocycles. The van der Waals surface area contributed by atoms with E-state index in [4.69, 9.17) is 0 Å². The first kappa shape index (κ1) is 25.4. The van der Waals surface area contributed by atoms with Crippen LogP contribution in [0.15, 0.2) is 96.2 Å². The summed E-state index contributed by atoms with van der Waals surface area (Å²) in [7, 11) is 0. The molecule has 1 amide bonds. The number of pyridine rings is 2.